The standard InChI is InChI=1S/C28H34O2/c1-3-4-5-10-20(2)30-27(28-17-9-13-23(28)16-18-29-28)25-15-8-12-22-19-21-11-6-7-14-24(21)26(22)25/h6-8,11-12,14-15,19-20,23H,3-5,9-10,13,16-18H2,1-2H3/t20?,23?,28-/m0/s1. The molecule has 5 rings (SSSR count). The number of benzene rings is 2. The first-order valence-electron chi connectivity index (χ1n) is 12.0. The largest absolute Gasteiger partial charge is 0.491 e. The van der Waals surface area contributed by atoms with Crippen LogP contribution in [0.1, 0.15) is 70.8 Å². The van der Waals surface area contributed by atoms with Gasteiger partial charge in [0.05, 0.1) is 6.10 Å². The highest BCUT2D eigenvalue weighted by Gasteiger charge is 2.52. The Balaban J connectivity index is 1.73. The highest BCUT2D eigenvalue weighted by atomic mass is 16.6. The maximum atomic E-state index is 6.89. The molecule has 2 heteroatoms. The molecule has 3 atom stereocenters. The second-order valence-corrected chi connectivity index (χ2v) is 9.37. The lowest BCUT2D eigenvalue weighted by atomic mass is 9.87. The van der Waals surface area contributed by atoms with Gasteiger partial charge in [0.15, 0.2) is 0 Å². The molecule has 2 fully saturated rings. The molecule has 2 nitrogen and oxygen atoms in total. The van der Waals surface area contributed by atoms with Crippen LogP contribution in [0.5, 0.6) is 0 Å². The Morgan fingerprint density at radius 2 is 2.03 bits per heavy atom. The predicted octanol–water partition coefficient (Wildman–Crippen LogP) is 5.17. The third-order valence-corrected chi connectivity index (χ3v) is 7.39. The van der Waals surface area contributed by atoms with Crippen LogP contribution < -0.4 is 10.4 Å². The summed E-state index contributed by atoms with van der Waals surface area (Å²) in [5.74, 6) is 1.71. The van der Waals surface area contributed by atoms with Crippen LogP contribution in [-0.2, 0) is 9.47 Å². The smallest absolute Gasteiger partial charge is 0.136 e. The lowest BCUT2D eigenvalue weighted by Gasteiger charge is -2.33. The first kappa shape index (κ1) is 19.9. The van der Waals surface area contributed by atoms with Gasteiger partial charge in [0.2, 0.25) is 0 Å². The van der Waals surface area contributed by atoms with E-state index in [1.165, 1.54) is 58.5 Å². The summed E-state index contributed by atoms with van der Waals surface area (Å²) in [6.45, 7) is 5.37. The Hall–Kier alpha value is -2.06. The van der Waals surface area contributed by atoms with Crippen LogP contribution in [-0.4, -0.2) is 18.3 Å². The van der Waals surface area contributed by atoms with Gasteiger partial charge < -0.3 is 9.47 Å². The summed E-state index contributed by atoms with van der Waals surface area (Å²) in [5.41, 5.74) is 1.07. The first-order chi connectivity index (χ1) is 14.7. The Labute approximate surface area is 179 Å². The second-order valence-electron chi connectivity index (χ2n) is 9.37. The molecule has 0 spiro atoms. The lowest BCUT2D eigenvalue weighted by molar-refractivity contribution is -0.00192. The van der Waals surface area contributed by atoms with Crippen molar-refractivity contribution in [3.05, 3.63) is 68.9 Å². The number of unbranched alkanes of at least 4 members (excludes halogenated alkanes) is 2. The molecule has 3 aliphatic rings. The second kappa shape index (κ2) is 8.23. The van der Waals surface area contributed by atoms with Crippen LogP contribution in [0.4, 0.5) is 0 Å². The summed E-state index contributed by atoms with van der Waals surface area (Å²) in [4.78, 5) is 0. The molecule has 0 amide bonds. The molecule has 0 N–H and O–H groups in total. The van der Waals surface area contributed by atoms with Crippen molar-refractivity contribution in [2.75, 3.05) is 6.61 Å². The molecule has 1 heterocycles. The van der Waals surface area contributed by atoms with Gasteiger partial charge in [-0.2, -0.15) is 0 Å². The SMILES string of the molecule is CCCCCC(C)OC(=c1cccc2c1=c1ccccc1=C2)[C@]12CCCC1CCO2. The van der Waals surface area contributed by atoms with Gasteiger partial charge in [0.25, 0.3) is 0 Å². The maximum absolute atomic E-state index is 6.89. The number of hydrogen-bond donors (Lipinski definition) is 0. The average Bonchev–Trinajstić information content (AvgIpc) is 3.44. The molecular weight excluding hydrogens is 368 g/mol. The van der Waals surface area contributed by atoms with E-state index in [9.17, 15) is 0 Å². The summed E-state index contributed by atoms with van der Waals surface area (Å²) in [7, 11) is 0. The van der Waals surface area contributed by atoms with Crippen molar-refractivity contribution in [1.29, 1.82) is 0 Å². The van der Waals surface area contributed by atoms with Crippen LogP contribution in [0, 0.1) is 16.4 Å². The Morgan fingerprint density at radius 1 is 1.13 bits per heavy atom. The average molecular weight is 403 g/mol. The zero-order chi connectivity index (χ0) is 20.6. The minimum Gasteiger partial charge on any atom is -0.491 e. The van der Waals surface area contributed by atoms with Crippen LogP contribution in [0.3, 0.4) is 0 Å². The lowest BCUT2D eigenvalue weighted by Crippen LogP contribution is -2.39. The zero-order valence-electron chi connectivity index (χ0n) is 18.5. The minimum atomic E-state index is -0.230. The fourth-order valence-corrected chi connectivity index (χ4v) is 5.90. The zero-order valence-corrected chi connectivity index (χ0v) is 18.5. The van der Waals surface area contributed by atoms with E-state index in [-0.39, 0.29) is 11.7 Å². The molecule has 1 aliphatic heterocycles. The van der Waals surface area contributed by atoms with E-state index in [1.54, 1.807) is 0 Å². The molecule has 1 saturated heterocycles. The highest BCUT2D eigenvalue weighted by Crippen LogP contribution is 2.50. The Bertz CT molecular complexity index is 1120. The van der Waals surface area contributed by atoms with Gasteiger partial charge in [-0.1, -0.05) is 62.2 Å². The molecule has 2 aromatic rings. The molecular formula is C28H34O2. The number of hydrogen-bond acceptors (Lipinski definition) is 2. The summed E-state index contributed by atoms with van der Waals surface area (Å²) in [6.07, 6.45) is 12.1. The molecule has 0 bridgehead atoms. The highest BCUT2D eigenvalue weighted by molar-refractivity contribution is 5.60. The first-order valence-corrected chi connectivity index (χ1v) is 12.0. The quantitative estimate of drug-likeness (QED) is 0.508. The summed E-state index contributed by atoms with van der Waals surface area (Å²) in [6, 6.07) is 15.4. The van der Waals surface area contributed by atoms with Crippen LogP contribution in [0.2, 0.25) is 0 Å². The van der Waals surface area contributed by atoms with E-state index in [2.05, 4.69) is 62.4 Å². The van der Waals surface area contributed by atoms with Crippen molar-refractivity contribution >= 4 is 11.8 Å². The summed E-state index contributed by atoms with van der Waals surface area (Å²) in [5, 5.41) is 5.22. The summed E-state index contributed by atoms with van der Waals surface area (Å²) < 4.78 is 13.5. The molecule has 30 heavy (non-hydrogen) atoms. The van der Waals surface area contributed by atoms with Crippen LogP contribution in [0.25, 0.3) is 11.8 Å². The van der Waals surface area contributed by atoms with E-state index in [0.717, 1.165) is 31.6 Å². The monoisotopic (exact) mass is 402 g/mol. The fourth-order valence-electron chi connectivity index (χ4n) is 5.90. The van der Waals surface area contributed by atoms with Gasteiger partial charge in [-0.15, -0.1) is 0 Å². The van der Waals surface area contributed by atoms with Crippen LogP contribution in [0.15, 0.2) is 42.5 Å². The Kier molecular flexibility index (Phi) is 5.45. The molecule has 2 aliphatic carbocycles. The minimum absolute atomic E-state index is 0.211. The van der Waals surface area contributed by atoms with Crippen molar-refractivity contribution in [3.63, 3.8) is 0 Å². The van der Waals surface area contributed by atoms with Crippen molar-refractivity contribution in [2.45, 2.75) is 76.9 Å². The summed E-state index contributed by atoms with van der Waals surface area (Å²) >= 11 is 0. The number of ether oxygens (including phenoxy) is 2. The number of fused-ring (bicyclic) bond motifs is 3. The van der Waals surface area contributed by atoms with Gasteiger partial charge in [-0.25, -0.2) is 0 Å². The van der Waals surface area contributed by atoms with Gasteiger partial charge in [-0.05, 0) is 73.4 Å². The molecule has 2 unspecified atom stereocenters. The van der Waals surface area contributed by atoms with Gasteiger partial charge in [-0.3, -0.25) is 0 Å². The van der Waals surface area contributed by atoms with Crippen LogP contribution >= 0.6 is 0 Å². The van der Waals surface area contributed by atoms with Crippen molar-refractivity contribution in [1.82, 2.24) is 0 Å². The van der Waals surface area contributed by atoms with Gasteiger partial charge in [0.1, 0.15) is 11.4 Å². The van der Waals surface area contributed by atoms with E-state index in [0.29, 0.717) is 5.92 Å². The number of rotatable bonds is 7. The van der Waals surface area contributed by atoms with E-state index < -0.39 is 0 Å². The van der Waals surface area contributed by atoms with Crippen molar-refractivity contribution in [3.8, 4) is 0 Å². The molecule has 1 saturated carbocycles. The topological polar surface area (TPSA) is 18.5 Å². The normalized spacial score (nSPS) is 25.9. The molecule has 0 aromatic heterocycles. The van der Waals surface area contributed by atoms with E-state index in [1.807, 2.05) is 0 Å². The van der Waals surface area contributed by atoms with Crippen molar-refractivity contribution < 1.29 is 9.47 Å². The maximum Gasteiger partial charge on any atom is 0.136 e. The Morgan fingerprint density at radius 3 is 2.93 bits per heavy atom. The molecule has 158 valence electrons. The third kappa shape index (κ3) is 3.30. The molecule has 2 aromatic carbocycles. The fraction of sp³-hybridized carbons (Fsp3) is 0.500. The molecule has 0 radical (unpaired) electrons. The van der Waals surface area contributed by atoms with E-state index >= 15 is 0 Å². The third-order valence-electron chi connectivity index (χ3n) is 7.39. The van der Waals surface area contributed by atoms with E-state index in [4.69, 9.17) is 9.47 Å². The van der Waals surface area contributed by atoms with Gasteiger partial charge >= 0.3 is 0 Å². The van der Waals surface area contributed by atoms with Crippen molar-refractivity contribution in [2.24, 2.45) is 5.92 Å². The van der Waals surface area contributed by atoms with Gasteiger partial charge in [0, 0.05) is 17.0 Å². The predicted molar refractivity (Wildman–Crippen MR) is 122 cm³/mol.